The monoisotopic (exact) mass is 447 g/mol. The number of ether oxygens (including phenoxy) is 2. The lowest BCUT2D eigenvalue weighted by Gasteiger charge is -2.14. The van der Waals surface area contributed by atoms with Gasteiger partial charge in [-0.05, 0) is 24.3 Å². The number of methoxy groups -OCH3 is 2. The molecule has 0 aliphatic heterocycles. The highest BCUT2D eigenvalue weighted by Crippen LogP contribution is 2.37. The fourth-order valence-corrected chi connectivity index (χ4v) is 2.65. The maximum atomic E-state index is 12.0. The van der Waals surface area contributed by atoms with E-state index in [4.69, 9.17) is 21.1 Å². The number of hydrogen-bond acceptors (Lipinski definition) is 4. The van der Waals surface area contributed by atoms with Gasteiger partial charge in [0, 0.05) is 22.3 Å². The van der Waals surface area contributed by atoms with E-state index in [1.54, 1.807) is 31.4 Å². The molecule has 7 heteroatoms. The molecule has 116 valence electrons. The largest absolute Gasteiger partial charge is 0.496 e. The average molecular weight is 450 g/mol. The number of hydrogen-bond donors (Lipinski definition) is 0. The summed E-state index contributed by atoms with van der Waals surface area (Å²) in [5, 5.41) is 0.541. The fourth-order valence-electron chi connectivity index (χ4n) is 1.98. The van der Waals surface area contributed by atoms with Crippen LogP contribution in [0.1, 0.15) is 19.8 Å². The SMILES string of the molecule is COC(=O)c1cnc(C(Br)Br)cc1-c1cc(Cl)ccc1OC. The Bertz CT molecular complexity index is 707. The highest BCUT2D eigenvalue weighted by Gasteiger charge is 2.19. The average Bonchev–Trinajstić information content (AvgIpc) is 2.53. The fraction of sp³-hybridized carbons (Fsp3) is 0.200. The van der Waals surface area contributed by atoms with Crippen molar-refractivity contribution in [2.45, 2.75) is 3.74 Å². The minimum absolute atomic E-state index is 0.143. The van der Waals surface area contributed by atoms with E-state index in [1.807, 2.05) is 0 Å². The van der Waals surface area contributed by atoms with Gasteiger partial charge >= 0.3 is 5.97 Å². The van der Waals surface area contributed by atoms with Gasteiger partial charge in [0.2, 0.25) is 0 Å². The zero-order chi connectivity index (χ0) is 16.3. The lowest BCUT2D eigenvalue weighted by molar-refractivity contribution is 0.0601. The van der Waals surface area contributed by atoms with Gasteiger partial charge in [0.15, 0.2) is 0 Å². The molecule has 1 aromatic heterocycles. The zero-order valence-electron chi connectivity index (χ0n) is 11.8. The van der Waals surface area contributed by atoms with Gasteiger partial charge in [0.1, 0.15) is 9.49 Å². The third kappa shape index (κ3) is 3.62. The van der Waals surface area contributed by atoms with Crippen LogP contribution in [0.15, 0.2) is 30.5 Å². The lowest BCUT2D eigenvalue weighted by Crippen LogP contribution is -2.06. The minimum Gasteiger partial charge on any atom is -0.496 e. The van der Waals surface area contributed by atoms with E-state index in [1.165, 1.54) is 13.3 Å². The number of benzene rings is 1. The molecule has 0 spiro atoms. The smallest absolute Gasteiger partial charge is 0.340 e. The number of rotatable bonds is 4. The molecule has 1 heterocycles. The van der Waals surface area contributed by atoms with Gasteiger partial charge in [-0.1, -0.05) is 43.5 Å². The molecule has 0 atom stereocenters. The van der Waals surface area contributed by atoms with E-state index in [-0.39, 0.29) is 3.74 Å². The van der Waals surface area contributed by atoms with Gasteiger partial charge in [-0.25, -0.2) is 4.79 Å². The molecule has 0 bridgehead atoms. The minimum atomic E-state index is -0.475. The van der Waals surface area contributed by atoms with Crippen LogP contribution in [-0.4, -0.2) is 25.2 Å². The number of carbonyl (C=O) groups is 1. The molecule has 0 N–H and O–H groups in total. The van der Waals surface area contributed by atoms with Crippen molar-refractivity contribution in [1.29, 1.82) is 0 Å². The predicted molar refractivity (Wildman–Crippen MR) is 93.2 cm³/mol. The van der Waals surface area contributed by atoms with E-state index in [2.05, 4.69) is 36.8 Å². The van der Waals surface area contributed by atoms with Gasteiger partial charge in [0.05, 0.1) is 25.5 Å². The molecule has 2 rings (SSSR count). The van der Waals surface area contributed by atoms with Gasteiger partial charge < -0.3 is 9.47 Å². The summed E-state index contributed by atoms with van der Waals surface area (Å²) in [6.45, 7) is 0. The molecule has 1 aromatic carbocycles. The molecule has 0 aliphatic rings. The van der Waals surface area contributed by atoms with E-state index < -0.39 is 5.97 Å². The van der Waals surface area contributed by atoms with Gasteiger partial charge in [-0.3, -0.25) is 4.98 Å². The Balaban J connectivity index is 2.73. The molecule has 0 unspecified atom stereocenters. The maximum Gasteiger partial charge on any atom is 0.340 e. The first-order valence-electron chi connectivity index (χ1n) is 6.18. The summed E-state index contributed by atoms with van der Waals surface area (Å²) in [4.78, 5) is 16.3. The quantitative estimate of drug-likeness (QED) is 0.488. The molecular formula is C15H12Br2ClNO3. The second-order valence-electron chi connectivity index (χ2n) is 4.29. The highest BCUT2D eigenvalue weighted by molar-refractivity contribution is 9.24. The van der Waals surface area contributed by atoms with Crippen LogP contribution < -0.4 is 4.74 Å². The van der Waals surface area contributed by atoms with Crippen molar-refractivity contribution in [3.05, 3.63) is 46.7 Å². The molecule has 0 saturated heterocycles. The number of carbonyl (C=O) groups excluding carboxylic acids is 1. The molecule has 0 aliphatic carbocycles. The summed E-state index contributed by atoms with van der Waals surface area (Å²) in [6.07, 6.45) is 1.48. The molecule has 22 heavy (non-hydrogen) atoms. The van der Waals surface area contributed by atoms with Crippen molar-refractivity contribution in [2.24, 2.45) is 0 Å². The molecule has 4 nitrogen and oxygen atoms in total. The maximum absolute atomic E-state index is 12.0. The third-order valence-electron chi connectivity index (χ3n) is 3.01. The summed E-state index contributed by atoms with van der Waals surface area (Å²) < 4.78 is 10.1. The van der Waals surface area contributed by atoms with Crippen LogP contribution in [0.5, 0.6) is 5.75 Å². The second kappa shape index (κ2) is 7.44. The molecular weight excluding hydrogens is 437 g/mol. The van der Waals surface area contributed by atoms with Crippen LogP contribution in [0, 0.1) is 0 Å². The predicted octanol–water partition coefficient (Wildman–Crippen LogP) is 4.99. The van der Waals surface area contributed by atoms with Gasteiger partial charge in [-0.15, -0.1) is 0 Å². The molecule has 0 amide bonds. The van der Waals surface area contributed by atoms with Crippen molar-refractivity contribution >= 4 is 49.4 Å². The molecule has 2 aromatic rings. The first-order chi connectivity index (χ1) is 10.5. The first-order valence-corrected chi connectivity index (χ1v) is 8.39. The Morgan fingerprint density at radius 1 is 1.23 bits per heavy atom. The van der Waals surface area contributed by atoms with Crippen LogP contribution in [0.3, 0.4) is 0 Å². The standard InChI is InChI=1S/C15H12Br2ClNO3/c1-21-13-4-3-8(18)5-10(13)9-6-12(14(16)17)19-7-11(9)15(20)22-2/h3-7,14H,1-2H3. The van der Waals surface area contributed by atoms with Crippen LogP contribution in [0.25, 0.3) is 11.1 Å². The summed E-state index contributed by atoms with van der Waals surface area (Å²) in [5.74, 6) is 0.129. The van der Waals surface area contributed by atoms with Crippen molar-refractivity contribution < 1.29 is 14.3 Å². The van der Waals surface area contributed by atoms with Crippen molar-refractivity contribution in [3.63, 3.8) is 0 Å². The van der Waals surface area contributed by atoms with Crippen LogP contribution >= 0.6 is 43.5 Å². The zero-order valence-corrected chi connectivity index (χ0v) is 15.7. The van der Waals surface area contributed by atoms with Crippen LogP contribution in [-0.2, 0) is 4.74 Å². The Kier molecular flexibility index (Phi) is 5.83. The molecule has 0 fully saturated rings. The number of alkyl halides is 2. The van der Waals surface area contributed by atoms with Crippen LogP contribution in [0.2, 0.25) is 5.02 Å². The van der Waals surface area contributed by atoms with E-state index in [9.17, 15) is 4.79 Å². The van der Waals surface area contributed by atoms with E-state index >= 15 is 0 Å². The highest BCUT2D eigenvalue weighted by atomic mass is 79.9. The summed E-state index contributed by atoms with van der Waals surface area (Å²) in [7, 11) is 2.89. The number of pyridine rings is 1. The number of halogens is 3. The number of aromatic nitrogens is 1. The lowest BCUT2D eigenvalue weighted by atomic mass is 9.99. The summed E-state index contributed by atoms with van der Waals surface area (Å²) in [6, 6.07) is 7.00. The Morgan fingerprint density at radius 2 is 1.95 bits per heavy atom. The van der Waals surface area contributed by atoms with Crippen LogP contribution in [0.4, 0.5) is 0 Å². The summed E-state index contributed by atoms with van der Waals surface area (Å²) in [5.41, 5.74) is 2.39. The van der Waals surface area contributed by atoms with Crippen molar-refractivity contribution in [3.8, 4) is 16.9 Å². The Morgan fingerprint density at radius 3 is 2.55 bits per heavy atom. The Hall–Kier alpha value is -1.11. The van der Waals surface area contributed by atoms with Crippen molar-refractivity contribution in [2.75, 3.05) is 14.2 Å². The van der Waals surface area contributed by atoms with Gasteiger partial charge in [0.25, 0.3) is 0 Å². The number of nitrogens with zero attached hydrogens (tertiary/aromatic N) is 1. The number of esters is 1. The summed E-state index contributed by atoms with van der Waals surface area (Å²) >= 11 is 12.9. The third-order valence-corrected chi connectivity index (χ3v) is 4.18. The van der Waals surface area contributed by atoms with E-state index in [0.29, 0.717) is 33.2 Å². The molecule has 0 radical (unpaired) electrons. The molecule has 0 saturated carbocycles. The van der Waals surface area contributed by atoms with Crippen molar-refractivity contribution in [1.82, 2.24) is 4.98 Å². The first kappa shape index (κ1) is 17.2. The second-order valence-corrected chi connectivity index (χ2v) is 7.79. The Labute approximate surface area is 150 Å². The topological polar surface area (TPSA) is 48.4 Å². The van der Waals surface area contributed by atoms with Gasteiger partial charge in [-0.2, -0.15) is 0 Å². The normalized spacial score (nSPS) is 10.6. The van der Waals surface area contributed by atoms with E-state index in [0.717, 1.165) is 0 Å².